The van der Waals surface area contributed by atoms with Gasteiger partial charge in [-0.3, -0.25) is 4.79 Å². The Bertz CT molecular complexity index is 400. The molecule has 0 aromatic heterocycles. The van der Waals surface area contributed by atoms with Crippen LogP contribution in [0.25, 0.3) is 0 Å². The molecule has 1 N–H and O–H groups in total. The quantitative estimate of drug-likeness (QED) is 0.776. The number of hydrogen-bond donors (Lipinski definition) is 1. The summed E-state index contributed by atoms with van der Waals surface area (Å²) in [6.07, 6.45) is 6.25. The van der Waals surface area contributed by atoms with Crippen molar-refractivity contribution >= 4 is 11.9 Å². The predicted octanol–water partition coefficient (Wildman–Crippen LogP) is 1.91. The van der Waals surface area contributed by atoms with Crippen molar-refractivity contribution < 1.29 is 14.7 Å². The van der Waals surface area contributed by atoms with Gasteiger partial charge in [-0.2, -0.15) is 0 Å². The van der Waals surface area contributed by atoms with E-state index in [1.807, 2.05) is 6.92 Å². The molecule has 3 unspecified atom stereocenters. The molecule has 18 heavy (non-hydrogen) atoms. The van der Waals surface area contributed by atoms with Crippen LogP contribution in [0.4, 0.5) is 0 Å². The maximum atomic E-state index is 12.5. The van der Waals surface area contributed by atoms with Gasteiger partial charge in [0, 0.05) is 12.5 Å². The SMILES string of the molecule is CCN(C(=O)C1CC2C=CC1C2)C(C)(C)C(=O)O. The average molecular weight is 251 g/mol. The van der Waals surface area contributed by atoms with Crippen LogP contribution in [0.5, 0.6) is 0 Å². The van der Waals surface area contributed by atoms with Gasteiger partial charge in [-0.25, -0.2) is 4.79 Å². The highest BCUT2D eigenvalue weighted by Crippen LogP contribution is 2.44. The third-order valence-electron chi connectivity index (χ3n) is 4.38. The molecular formula is C14H21NO3. The summed E-state index contributed by atoms with van der Waals surface area (Å²) >= 11 is 0. The van der Waals surface area contributed by atoms with Gasteiger partial charge in [0.15, 0.2) is 0 Å². The van der Waals surface area contributed by atoms with E-state index in [9.17, 15) is 14.7 Å². The number of amides is 1. The Balaban J connectivity index is 2.16. The second kappa shape index (κ2) is 4.41. The fourth-order valence-corrected chi connectivity index (χ4v) is 3.21. The number of rotatable bonds is 4. The number of fused-ring (bicyclic) bond motifs is 2. The Hall–Kier alpha value is -1.32. The van der Waals surface area contributed by atoms with E-state index >= 15 is 0 Å². The molecule has 3 atom stereocenters. The largest absolute Gasteiger partial charge is 0.480 e. The maximum Gasteiger partial charge on any atom is 0.329 e. The van der Waals surface area contributed by atoms with Gasteiger partial charge in [-0.1, -0.05) is 12.2 Å². The topological polar surface area (TPSA) is 57.6 Å². The second-order valence-corrected chi connectivity index (χ2v) is 5.83. The van der Waals surface area contributed by atoms with Crippen molar-refractivity contribution in [2.24, 2.45) is 17.8 Å². The van der Waals surface area contributed by atoms with Gasteiger partial charge >= 0.3 is 5.97 Å². The Morgan fingerprint density at radius 1 is 1.33 bits per heavy atom. The first-order valence-corrected chi connectivity index (χ1v) is 6.61. The lowest BCUT2D eigenvalue weighted by atomic mass is 9.90. The lowest BCUT2D eigenvalue weighted by Crippen LogP contribution is -2.55. The molecular weight excluding hydrogens is 230 g/mol. The zero-order valence-corrected chi connectivity index (χ0v) is 11.2. The van der Waals surface area contributed by atoms with Crippen molar-refractivity contribution in [2.75, 3.05) is 6.54 Å². The fourth-order valence-electron chi connectivity index (χ4n) is 3.21. The Morgan fingerprint density at radius 2 is 2.00 bits per heavy atom. The zero-order valence-electron chi connectivity index (χ0n) is 11.2. The van der Waals surface area contributed by atoms with Crippen molar-refractivity contribution in [1.82, 2.24) is 4.90 Å². The van der Waals surface area contributed by atoms with Gasteiger partial charge in [0.05, 0.1) is 0 Å². The summed E-state index contributed by atoms with van der Waals surface area (Å²) in [5, 5.41) is 9.26. The molecule has 4 heteroatoms. The molecule has 0 aliphatic heterocycles. The minimum Gasteiger partial charge on any atom is -0.480 e. The first kappa shape index (κ1) is 13.1. The van der Waals surface area contributed by atoms with E-state index in [0.29, 0.717) is 18.4 Å². The molecule has 2 rings (SSSR count). The molecule has 0 spiro atoms. The van der Waals surface area contributed by atoms with Gasteiger partial charge in [0.2, 0.25) is 5.91 Å². The van der Waals surface area contributed by atoms with Crippen molar-refractivity contribution in [3.8, 4) is 0 Å². The number of carboxylic acid groups (broad SMARTS) is 1. The molecule has 2 aliphatic carbocycles. The third kappa shape index (κ3) is 1.93. The van der Waals surface area contributed by atoms with E-state index in [2.05, 4.69) is 12.2 Å². The first-order valence-electron chi connectivity index (χ1n) is 6.61. The van der Waals surface area contributed by atoms with Crippen molar-refractivity contribution in [2.45, 2.75) is 39.2 Å². The molecule has 100 valence electrons. The molecule has 0 aromatic carbocycles. The summed E-state index contributed by atoms with van der Waals surface area (Å²) in [7, 11) is 0. The minimum absolute atomic E-state index is 0.00162. The zero-order chi connectivity index (χ0) is 13.5. The Kier molecular flexibility index (Phi) is 3.21. The molecule has 0 heterocycles. The number of hydrogen-bond acceptors (Lipinski definition) is 2. The summed E-state index contributed by atoms with van der Waals surface area (Å²) in [5.41, 5.74) is -1.13. The van der Waals surface area contributed by atoms with E-state index in [1.54, 1.807) is 13.8 Å². The lowest BCUT2D eigenvalue weighted by molar-refractivity contribution is -0.158. The molecule has 2 aliphatic rings. The molecule has 0 radical (unpaired) electrons. The van der Waals surface area contributed by atoms with E-state index in [-0.39, 0.29) is 11.8 Å². The van der Waals surface area contributed by atoms with Crippen LogP contribution in [0.3, 0.4) is 0 Å². The molecule has 1 fully saturated rings. The summed E-state index contributed by atoms with van der Waals surface area (Å²) in [6, 6.07) is 0. The Labute approximate surface area is 108 Å². The number of aliphatic carboxylic acids is 1. The minimum atomic E-state index is -1.13. The number of carbonyl (C=O) groups excluding carboxylic acids is 1. The van der Waals surface area contributed by atoms with Crippen LogP contribution < -0.4 is 0 Å². The van der Waals surface area contributed by atoms with Gasteiger partial charge < -0.3 is 10.0 Å². The highest BCUT2D eigenvalue weighted by molar-refractivity contribution is 5.88. The molecule has 1 saturated carbocycles. The number of nitrogens with zero attached hydrogens (tertiary/aromatic N) is 1. The molecule has 0 saturated heterocycles. The summed E-state index contributed by atoms with van der Waals surface area (Å²) < 4.78 is 0. The van der Waals surface area contributed by atoms with Crippen LogP contribution in [0.1, 0.15) is 33.6 Å². The van der Waals surface area contributed by atoms with Crippen LogP contribution in [0, 0.1) is 17.8 Å². The van der Waals surface area contributed by atoms with Crippen LogP contribution in [-0.2, 0) is 9.59 Å². The average Bonchev–Trinajstić information content (AvgIpc) is 2.90. The highest BCUT2D eigenvalue weighted by Gasteiger charge is 2.45. The third-order valence-corrected chi connectivity index (χ3v) is 4.38. The highest BCUT2D eigenvalue weighted by atomic mass is 16.4. The van der Waals surface area contributed by atoms with Gasteiger partial charge in [-0.05, 0) is 45.4 Å². The summed E-state index contributed by atoms with van der Waals surface area (Å²) in [4.78, 5) is 25.3. The standard InChI is InChI=1S/C14H21NO3/c1-4-15(14(2,3)13(17)18)12(16)11-8-9-5-6-10(11)7-9/h5-6,9-11H,4,7-8H2,1-3H3,(H,17,18). The van der Waals surface area contributed by atoms with E-state index in [0.717, 1.165) is 12.8 Å². The number of carbonyl (C=O) groups is 2. The number of carboxylic acids is 1. The van der Waals surface area contributed by atoms with Crippen LogP contribution in [-0.4, -0.2) is 34.0 Å². The number of allylic oxidation sites excluding steroid dienone is 2. The molecule has 0 aromatic rings. The lowest BCUT2D eigenvalue weighted by Gasteiger charge is -2.37. The fraction of sp³-hybridized carbons (Fsp3) is 0.714. The molecule has 1 amide bonds. The normalized spacial score (nSPS) is 29.6. The van der Waals surface area contributed by atoms with Gasteiger partial charge in [0.25, 0.3) is 0 Å². The Morgan fingerprint density at radius 3 is 2.39 bits per heavy atom. The van der Waals surface area contributed by atoms with Crippen molar-refractivity contribution in [3.63, 3.8) is 0 Å². The predicted molar refractivity (Wildman–Crippen MR) is 67.9 cm³/mol. The second-order valence-electron chi connectivity index (χ2n) is 5.83. The maximum absolute atomic E-state index is 12.5. The van der Waals surface area contributed by atoms with E-state index in [1.165, 1.54) is 4.90 Å². The molecule has 2 bridgehead atoms. The smallest absolute Gasteiger partial charge is 0.329 e. The van der Waals surface area contributed by atoms with Crippen LogP contribution in [0.2, 0.25) is 0 Å². The van der Waals surface area contributed by atoms with E-state index < -0.39 is 11.5 Å². The summed E-state index contributed by atoms with van der Waals surface area (Å²) in [5.74, 6) is -0.117. The van der Waals surface area contributed by atoms with Crippen LogP contribution >= 0.6 is 0 Å². The van der Waals surface area contributed by atoms with Gasteiger partial charge in [0.1, 0.15) is 5.54 Å². The first-order chi connectivity index (χ1) is 8.37. The monoisotopic (exact) mass is 251 g/mol. The van der Waals surface area contributed by atoms with Gasteiger partial charge in [-0.15, -0.1) is 0 Å². The molecule has 4 nitrogen and oxygen atoms in total. The number of likely N-dealkylation sites (N-methyl/N-ethyl adjacent to an activating group) is 1. The van der Waals surface area contributed by atoms with Crippen LogP contribution in [0.15, 0.2) is 12.2 Å². The van der Waals surface area contributed by atoms with Crippen molar-refractivity contribution in [1.29, 1.82) is 0 Å². The summed E-state index contributed by atoms with van der Waals surface area (Å²) in [6.45, 7) is 5.47. The van der Waals surface area contributed by atoms with E-state index in [4.69, 9.17) is 0 Å². The van der Waals surface area contributed by atoms with Crippen molar-refractivity contribution in [3.05, 3.63) is 12.2 Å².